The SMILES string of the molecule is CCc1ccc(N[C@@H](C)C(=O)Nc2ccc(S(N)(=O)=O)cc2)cc1. The van der Waals surface area contributed by atoms with E-state index in [-0.39, 0.29) is 10.8 Å². The van der Waals surface area contributed by atoms with Gasteiger partial charge in [-0.2, -0.15) is 0 Å². The number of anilines is 2. The first-order chi connectivity index (χ1) is 11.3. The Hall–Kier alpha value is -2.38. The maximum atomic E-state index is 12.2. The average molecular weight is 347 g/mol. The Morgan fingerprint density at radius 2 is 1.58 bits per heavy atom. The third-order valence-electron chi connectivity index (χ3n) is 3.59. The van der Waals surface area contributed by atoms with Crippen molar-refractivity contribution in [2.24, 2.45) is 5.14 Å². The average Bonchev–Trinajstić information content (AvgIpc) is 2.55. The molecule has 0 bridgehead atoms. The fourth-order valence-electron chi connectivity index (χ4n) is 2.13. The molecule has 1 atom stereocenters. The molecule has 6 nitrogen and oxygen atoms in total. The van der Waals surface area contributed by atoms with E-state index in [1.807, 2.05) is 24.3 Å². The third kappa shape index (κ3) is 4.81. The van der Waals surface area contributed by atoms with Crippen LogP contribution in [0.3, 0.4) is 0 Å². The lowest BCUT2D eigenvalue weighted by Gasteiger charge is -2.15. The van der Waals surface area contributed by atoms with Gasteiger partial charge in [-0.3, -0.25) is 4.79 Å². The summed E-state index contributed by atoms with van der Waals surface area (Å²) in [7, 11) is -3.74. The first-order valence-electron chi connectivity index (χ1n) is 7.59. The van der Waals surface area contributed by atoms with Crippen molar-refractivity contribution in [3.05, 3.63) is 54.1 Å². The van der Waals surface area contributed by atoms with Crippen LogP contribution in [-0.2, 0) is 21.2 Å². The zero-order valence-electron chi connectivity index (χ0n) is 13.6. The van der Waals surface area contributed by atoms with E-state index in [9.17, 15) is 13.2 Å². The number of primary sulfonamides is 1. The van der Waals surface area contributed by atoms with Crippen LogP contribution in [0, 0.1) is 0 Å². The van der Waals surface area contributed by atoms with Crippen molar-refractivity contribution in [3.8, 4) is 0 Å². The summed E-state index contributed by atoms with van der Waals surface area (Å²) >= 11 is 0. The number of amides is 1. The van der Waals surface area contributed by atoms with Crippen molar-refractivity contribution in [1.29, 1.82) is 0 Å². The molecule has 1 amide bonds. The van der Waals surface area contributed by atoms with Crippen LogP contribution in [0.5, 0.6) is 0 Å². The maximum Gasteiger partial charge on any atom is 0.246 e. The third-order valence-corrected chi connectivity index (χ3v) is 4.52. The molecule has 0 spiro atoms. The Balaban J connectivity index is 1.98. The normalized spacial score (nSPS) is 12.5. The molecule has 24 heavy (non-hydrogen) atoms. The molecule has 0 aliphatic rings. The summed E-state index contributed by atoms with van der Waals surface area (Å²) in [4.78, 5) is 12.2. The number of nitrogens with two attached hydrogens (primary N) is 1. The largest absolute Gasteiger partial charge is 0.374 e. The number of carbonyl (C=O) groups excluding carboxylic acids is 1. The lowest BCUT2D eigenvalue weighted by molar-refractivity contribution is -0.116. The Kier molecular flexibility index (Phi) is 5.58. The number of sulfonamides is 1. The molecule has 0 radical (unpaired) electrons. The zero-order chi connectivity index (χ0) is 17.7. The van der Waals surface area contributed by atoms with Gasteiger partial charge in [0, 0.05) is 11.4 Å². The predicted octanol–water partition coefficient (Wildman–Crippen LogP) is 2.34. The van der Waals surface area contributed by atoms with E-state index in [0.29, 0.717) is 5.69 Å². The fraction of sp³-hybridized carbons (Fsp3) is 0.235. The molecular weight excluding hydrogens is 326 g/mol. The number of benzene rings is 2. The molecule has 2 aromatic carbocycles. The van der Waals surface area contributed by atoms with Gasteiger partial charge in [-0.1, -0.05) is 19.1 Å². The summed E-state index contributed by atoms with van der Waals surface area (Å²) < 4.78 is 22.4. The van der Waals surface area contributed by atoms with E-state index in [1.54, 1.807) is 6.92 Å². The summed E-state index contributed by atoms with van der Waals surface area (Å²) in [5.41, 5.74) is 2.59. The standard InChI is InChI=1S/C17H21N3O3S/c1-3-13-4-6-14(7-5-13)19-12(2)17(21)20-15-8-10-16(11-9-15)24(18,22)23/h4-12,19H,3H2,1-2H3,(H,20,21)(H2,18,22,23)/t12-/m0/s1. The first-order valence-corrected chi connectivity index (χ1v) is 9.13. The van der Waals surface area contributed by atoms with E-state index < -0.39 is 16.1 Å². The summed E-state index contributed by atoms with van der Waals surface area (Å²) in [5, 5.41) is 10.9. The van der Waals surface area contributed by atoms with Crippen LogP contribution in [0.15, 0.2) is 53.4 Å². The highest BCUT2D eigenvalue weighted by molar-refractivity contribution is 7.89. The number of carbonyl (C=O) groups is 1. The molecule has 2 rings (SSSR count). The molecule has 0 aliphatic carbocycles. The molecule has 128 valence electrons. The summed E-state index contributed by atoms with van der Waals surface area (Å²) in [6.45, 7) is 3.83. The van der Waals surface area contributed by atoms with Gasteiger partial charge in [0.15, 0.2) is 0 Å². The highest BCUT2D eigenvalue weighted by Gasteiger charge is 2.13. The molecule has 2 aromatic rings. The minimum Gasteiger partial charge on any atom is -0.374 e. The van der Waals surface area contributed by atoms with Gasteiger partial charge in [0.1, 0.15) is 6.04 Å². The molecule has 0 saturated heterocycles. The van der Waals surface area contributed by atoms with Crippen LogP contribution in [0.1, 0.15) is 19.4 Å². The molecule has 0 unspecified atom stereocenters. The van der Waals surface area contributed by atoms with Gasteiger partial charge in [0.05, 0.1) is 4.90 Å². The van der Waals surface area contributed by atoms with E-state index in [1.165, 1.54) is 29.8 Å². The number of aryl methyl sites for hydroxylation is 1. The minimum absolute atomic E-state index is 0.00249. The van der Waals surface area contributed by atoms with E-state index in [0.717, 1.165) is 12.1 Å². The van der Waals surface area contributed by atoms with E-state index >= 15 is 0 Å². The van der Waals surface area contributed by atoms with Crippen LogP contribution in [0.2, 0.25) is 0 Å². The Labute approximate surface area is 142 Å². The lowest BCUT2D eigenvalue weighted by atomic mass is 10.1. The highest BCUT2D eigenvalue weighted by atomic mass is 32.2. The van der Waals surface area contributed by atoms with Gasteiger partial charge in [0.2, 0.25) is 15.9 Å². The quantitative estimate of drug-likeness (QED) is 0.746. The number of hydrogen-bond acceptors (Lipinski definition) is 4. The fourth-order valence-corrected chi connectivity index (χ4v) is 2.65. The van der Waals surface area contributed by atoms with Crippen molar-refractivity contribution in [1.82, 2.24) is 0 Å². The lowest BCUT2D eigenvalue weighted by Crippen LogP contribution is -2.31. The Morgan fingerprint density at radius 1 is 1.04 bits per heavy atom. The van der Waals surface area contributed by atoms with Crippen LogP contribution in [-0.4, -0.2) is 20.4 Å². The van der Waals surface area contributed by atoms with Crippen molar-refractivity contribution >= 4 is 27.3 Å². The number of nitrogens with one attached hydrogen (secondary N) is 2. The van der Waals surface area contributed by atoms with Crippen LogP contribution in [0.4, 0.5) is 11.4 Å². The molecule has 0 fully saturated rings. The van der Waals surface area contributed by atoms with Crippen molar-refractivity contribution in [2.75, 3.05) is 10.6 Å². The van der Waals surface area contributed by atoms with E-state index in [2.05, 4.69) is 17.6 Å². The van der Waals surface area contributed by atoms with Crippen LogP contribution < -0.4 is 15.8 Å². The Bertz CT molecular complexity index is 800. The molecule has 0 aromatic heterocycles. The van der Waals surface area contributed by atoms with Gasteiger partial charge < -0.3 is 10.6 Å². The van der Waals surface area contributed by atoms with Crippen molar-refractivity contribution in [3.63, 3.8) is 0 Å². The minimum atomic E-state index is -3.74. The van der Waals surface area contributed by atoms with Gasteiger partial charge in [-0.15, -0.1) is 0 Å². The number of rotatable bonds is 6. The highest BCUT2D eigenvalue weighted by Crippen LogP contribution is 2.15. The zero-order valence-corrected chi connectivity index (χ0v) is 14.4. The molecule has 7 heteroatoms. The second-order valence-electron chi connectivity index (χ2n) is 5.48. The van der Waals surface area contributed by atoms with Crippen LogP contribution in [0.25, 0.3) is 0 Å². The first kappa shape index (κ1) is 18.0. The van der Waals surface area contributed by atoms with Crippen LogP contribution >= 0.6 is 0 Å². The van der Waals surface area contributed by atoms with Gasteiger partial charge in [-0.25, -0.2) is 13.6 Å². The van der Waals surface area contributed by atoms with Gasteiger partial charge >= 0.3 is 0 Å². The number of hydrogen-bond donors (Lipinski definition) is 3. The Morgan fingerprint density at radius 3 is 2.08 bits per heavy atom. The van der Waals surface area contributed by atoms with Gasteiger partial charge in [0.25, 0.3) is 0 Å². The van der Waals surface area contributed by atoms with Crippen molar-refractivity contribution in [2.45, 2.75) is 31.2 Å². The maximum absolute atomic E-state index is 12.2. The monoisotopic (exact) mass is 347 g/mol. The van der Waals surface area contributed by atoms with Crippen molar-refractivity contribution < 1.29 is 13.2 Å². The summed E-state index contributed by atoms with van der Waals surface area (Å²) in [6.07, 6.45) is 0.963. The molecule has 4 N–H and O–H groups in total. The second kappa shape index (κ2) is 7.46. The van der Waals surface area contributed by atoms with Gasteiger partial charge in [-0.05, 0) is 55.3 Å². The molecule has 0 aliphatic heterocycles. The molecule has 0 heterocycles. The summed E-state index contributed by atoms with van der Waals surface area (Å²) in [5.74, 6) is -0.224. The smallest absolute Gasteiger partial charge is 0.246 e. The van der Waals surface area contributed by atoms with E-state index in [4.69, 9.17) is 5.14 Å². The topological polar surface area (TPSA) is 101 Å². The summed E-state index contributed by atoms with van der Waals surface area (Å²) in [6, 6.07) is 13.2. The molecule has 0 saturated carbocycles. The predicted molar refractivity (Wildman–Crippen MR) is 95.3 cm³/mol. The molecular formula is C17H21N3O3S. The second-order valence-corrected chi connectivity index (χ2v) is 7.04.